The normalized spacial score (nSPS) is 11.4. The lowest BCUT2D eigenvalue weighted by atomic mass is 9.88. The number of nitrogens with one attached hydrogen (secondary N) is 1. The number of nitrogens with zero attached hydrogens (tertiary/aromatic N) is 2. The molecule has 3 rings (SSSR count). The first-order valence-electron chi connectivity index (χ1n) is 11.0. The van der Waals surface area contributed by atoms with Gasteiger partial charge in [0, 0.05) is 31.2 Å². The maximum absolute atomic E-state index is 14.6. The van der Waals surface area contributed by atoms with Gasteiger partial charge in [-0.2, -0.15) is 0 Å². The van der Waals surface area contributed by atoms with Crippen LogP contribution in [0.5, 0.6) is 5.88 Å². The van der Waals surface area contributed by atoms with Crippen molar-refractivity contribution in [3.8, 4) is 17.0 Å². The zero-order chi connectivity index (χ0) is 26.8. The maximum atomic E-state index is 14.6. The highest BCUT2D eigenvalue weighted by atomic mass is 32.2. The van der Waals surface area contributed by atoms with Crippen molar-refractivity contribution < 1.29 is 27.1 Å². The van der Waals surface area contributed by atoms with Gasteiger partial charge in [-0.3, -0.25) is 9.59 Å². The van der Waals surface area contributed by atoms with Crippen LogP contribution in [0.25, 0.3) is 11.1 Å². The molecule has 0 aliphatic carbocycles. The second-order valence-electron chi connectivity index (χ2n) is 8.70. The van der Waals surface area contributed by atoms with E-state index in [4.69, 9.17) is 4.74 Å². The van der Waals surface area contributed by atoms with Crippen molar-refractivity contribution >= 4 is 33.2 Å². The molecule has 3 aromatic rings. The molecule has 0 aliphatic heterocycles. The predicted molar refractivity (Wildman–Crippen MR) is 136 cm³/mol. The molecule has 192 valence electrons. The summed E-state index contributed by atoms with van der Waals surface area (Å²) in [5.41, 5.74) is 2.36. The van der Waals surface area contributed by atoms with Crippen molar-refractivity contribution in [1.29, 1.82) is 0 Å². The molecular weight excluding hydrogens is 505 g/mol. The van der Waals surface area contributed by atoms with Crippen LogP contribution in [0, 0.1) is 12.7 Å². The van der Waals surface area contributed by atoms with Gasteiger partial charge < -0.3 is 9.64 Å². The molecule has 0 spiro atoms. The fourth-order valence-corrected chi connectivity index (χ4v) is 6.17. The third-order valence-electron chi connectivity index (χ3n) is 5.51. The van der Waals surface area contributed by atoms with Gasteiger partial charge in [-0.25, -0.2) is 22.5 Å². The lowest BCUT2D eigenvalue weighted by molar-refractivity contribution is -0.118. The Morgan fingerprint density at radius 1 is 1.19 bits per heavy atom. The molecule has 2 heterocycles. The van der Waals surface area contributed by atoms with E-state index in [1.54, 1.807) is 33.2 Å². The van der Waals surface area contributed by atoms with Crippen LogP contribution in [0.3, 0.4) is 0 Å². The van der Waals surface area contributed by atoms with E-state index in [1.807, 2.05) is 13.8 Å². The second kappa shape index (κ2) is 10.8. The van der Waals surface area contributed by atoms with Crippen molar-refractivity contribution in [3.05, 3.63) is 63.9 Å². The summed E-state index contributed by atoms with van der Waals surface area (Å²) in [5, 5.41) is 0. The van der Waals surface area contributed by atoms with Crippen LogP contribution in [-0.4, -0.2) is 51.3 Å². The molecule has 1 aromatic carbocycles. The standard InChI is InChI=1S/C25H28FN3O5S2/c1-14(2)18-10-17(26)11-20(16-7-8-27-23(9-16)34-6)21(18)12-22(30)28-36(32,33)24-13-19(15(3)35-24)25(31)29(4)5/h7-11,13-14H,12H2,1-6H3,(H,28,30). The highest BCUT2D eigenvalue weighted by Gasteiger charge is 2.26. The first kappa shape index (κ1) is 27.3. The molecular formula is C25H28FN3O5S2. The Bertz CT molecular complexity index is 1420. The zero-order valence-corrected chi connectivity index (χ0v) is 22.5. The summed E-state index contributed by atoms with van der Waals surface area (Å²) >= 11 is 0.909. The van der Waals surface area contributed by atoms with Gasteiger partial charge in [0.15, 0.2) is 0 Å². The van der Waals surface area contributed by atoms with Gasteiger partial charge >= 0.3 is 0 Å². The molecule has 0 saturated heterocycles. The van der Waals surface area contributed by atoms with E-state index < -0.39 is 21.7 Å². The third-order valence-corrected chi connectivity index (χ3v) is 8.41. The molecule has 2 amide bonds. The quantitative estimate of drug-likeness (QED) is 0.467. The predicted octanol–water partition coefficient (Wildman–Crippen LogP) is 4.14. The molecule has 0 aliphatic rings. The Morgan fingerprint density at radius 2 is 1.89 bits per heavy atom. The molecule has 0 bridgehead atoms. The Hall–Kier alpha value is -3.31. The van der Waals surface area contributed by atoms with Crippen LogP contribution in [0.15, 0.2) is 40.7 Å². The monoisotopic (exact) mass is 533 g/mol. The van der Waals surface area contributed by atoms with Crippen molar-refractivity contribution in [2.24, 2.45) is 0 Å². The smallest absolute Gasteiger partial charge is 0.273 e. The number of pyridine rings is 1. The van der Waals surface area contributed by atoms with Crippen LogP contribution in [0.4, 0.5) is 4.39 Å². The molecule has 0 saturated carbocycles. The van der Waals surface area contributed by atoms with Gasteiger partial charge in [-0.05, 0) is 59.4 Å². The van der Waals surface area contributed by atoms with E-state index in [2.05, 4.69) is 9.71 Å². The number of rotatable bonds is 8. The van der Waals surface area contributed by atoms with Crippen LogP contribution >= 0.6 is 11.3 Å². The minimum atomic E-state index is -4.23. The Balaban J connectivity index is 1.98. The van der Waals surface area contributed by atoms with Crippen LogP contribution in [0.1, 0.15) is 46.1 Å². The van der Waals surface area contributed by atoms with E-state index >= 15 is 0 Å². The number of methoxy groups -OCH3 is 1. The summed E-state index contributed by atoms with van der Waals surface area (Å²) < 4.78 is 47.6. The summed E-state index contributed by atoms with van der Waals surface area (Å²) in [4.78, 5) is 31.3. The minimum Gasteiger partial charge on any atom is -0.481 e. The van der Waals surface area contributed by atoms with Crippen molar-refractivity contribution in [2.45, 2.75) is 37.3 Å². The molecule has 0 unspecified atom stereocenters. The summed E-state index contributed by atoms with van der Waals surface area (Å²) in [7, 11) is 0.372. The molecule has 0 fully saturated rings. The average Bonchev–Trinajstić information content (AvgIpc) is 3.21. The van der Waals surface area contributed by atoms with Crippen LogP contribution in [-0.2, 0) is 21.2 Å². The van der Waals surface area contributed by atoms with Gasteiger partial charge in [0.25, 0.3) is 15.9 Å². The molecule has 36 heavy (non-hydrogen) atoms. The number of thiophene rings is 1. The fourth-order valence-electron chi connectivity index (χ4n) is 3.75. The molecule has 0 radical (unpaired) electrons. The third kappa shape index (κ3) is 5.90. The van der Waals surface area contributed by atoms with Gasteiger partial charge in [0.2, 0.25) is 11.8 Å². The maximum Gasteiger partial charge on any atom is 0.273 e. The number of halogens is 1. The van der Waals surface area contributed by atoms with E-state index in [0.29, 0.717) is 33.0 Å². The molecule has 2 aromatic heterocycles. The lowest BCUT2D eigenvalue weighted by Gasteiger charge is -2.18. The summed E-state index contributed by atoms with van der Waals surface area (Å²) in [5.74, 6) is -1.41. The summed E-state index contributed by atoms with van der Waals surface area (Å²) in [6.07, 6.45) is 1.20. The number of carbonyl (C=O) groups excluding carboxylic acids is 2. The van der Waals surface area contributed by atoms with Gasteiger partial charge in [0.05, 0.1) is 19.1 Å². The van der Waals surface area contributed by atoms with Crippen LogP contribution < -0.4 is 9.46 Å². The van der Waals surface area contributed by atoms with E-state index in [1.165, 1.54) is 36.4 Å². The molecule has 8 nitrogen and oxygen atoms in total. The number of benzene rings is 1. The Kier molecular flexibility index (Phi) is 8.15. The topological polar surface area (TPSA) is 106 Å². The first-order chi connectivity index (χ1) is 16.8. The van der Waals surface area contributed by atoms with Gasteiger partial charge in [0.1, 0.15) is 10.0 Å². The number of carbonyl (C=O) groups is 2. The fraction of sp³-hybridized carbons (Fsp3) is 0.320. The number of hydrogen-bond acceptors (Lipinski definition) is 7. The highest BCUT2D eigenvalue weighted by Crippen LogP contribution is 2.33. The second-order valence-corrected chi connectivity index (χ2v) is 11.9. The molecule has 11 heteroatoms. The van der Waals surface area contributed by atoms with Crippen molar-refractivity contribution in [3.63, 3.8) is 0 Å². The Morgan fingerprint density at radius 3 is 2.50 bits per heavy atom. The summed E-state index contributed by atoms with van der Waals surface area (Å²) in [6, 6.07) is 7.21. The number of amides is 2. The number of ether oxygens (including phenoxy) is 1. The van der Waals surface area contributed by atoms with Crippen LogP contribution in [0.2, 0.25) is 0 Å². The molecule has 1 N–H and O–H groups in total. The Labute approximate surface area is 214 Å². The lowest BCUT2D eigenvalue weighted by Crippen LogP contribution is -2.32. The van der Waals surface area contributed by atoms with E-state index in [-0.39, 0.29) is 28.0 Å². The first-order valence-corrected chi connectivity index (χ1v) is 13.3. The molecule has 0 atom stereocenters. The van der Waals surface area contributed by atoms with E-state index in [0.717, 1.165) is 11.3 Å². The number of aryl methyl sites for hydroxylation is 1. The number of sulfonamides is 1. The SMILES string of the molecule is COc1cc(-c2cc(F)cc(C(C)C)c2CC(=O)NS(=O)(=O)c2cc(C(=O)N(C)C)c(C)s2)ccn1. The number of aromatic nitrogens is 1. The average molecular weight is 534 g/mol. The van der Waals surface area contributed by atoms with Crippen molar-refractivity contribution in [2.75, 3.05) is 21.2 Å². The summed E-state index contributed by atoms with van der Waals surface area (Å²) in [6.45, 7) is 5.37. The number of hydrogen-bond donors (Lipinski definition) is 1. The van der Waals surface area contributed by atoms with Gasteiger partial charge in [-0.15, -0.1) is 11.3 Å². The van der Waals surface area contributed by atoms with Gasteiger partial charge in [-0.1, -0.05) is 13.8 Å². The van der Waals surface area contributed by atoms with E-state index in [9.17, 15) is 22.4 Å². The minimum absolute atomic E-state index is 0.137. The zero-order valence-electron chi connectivity index (χ0n) is 20.9. The largest absolute Gasteiger partial charge is 0.481 e. The van der Waals surface area contributed by atoms with Crippen molar-refractivity contribution in [1.82, 2.24) is 14.6 Å². The highest BCUT2D eigenvalue weighted by molar-refractivity contribution is 7.92.